The Morgan fingerprint density at radius 3 is 2.33 bits per heavy atom. The van der Waals surface area contributed by atoms with E-state index in [1.165, 1.54) is 13.0 Å². The van der Waals surface area contributed by atoms with Crippen LogP contribution in [0.3, 0.4) is 0 Å². The minimum atomic E-state index is -0.171. The number of rotatable bonds is 2. The molecule has 0 saturated carbocycles. The third-order valence-electron chi connectivity index (χ3n) is 0.741. The minimum Gasteiger partial charge on any atom is -0.212 e. The second-order valence-electron chi connectivity index (χ2n) is 1.66. The van der Waals surface area contributed by atoms with Crippen LogP contribution in [-0.2, 0) is 0 Å². The third kappa shape index (κ3) is 7.15. The van der Waals surface area contributed by atoms with Gasteiger partial charge in [-0.05, 0) is 19.9 Å². The van der Waals surface area contributed by atoms with Gasteiger partial charge in [-0.3, -0.25) is 0 Å². The lowest BCUT2D eigenvalue weighted by molar-refractivity contribution is 0.640. The molecule has 0 aliphatic rings. The first kappa shape index (κ1) is 8.15. The molecule has 0 rings (SSSR count). The van der Waals surface area contributed by atoms with Crippen molar-refractivity contribution in [1.82, 2.24) is 0 Å². The van der Waals surface area contributed by atoms with Crippen molar-refractivity contribution in [3.8, 4) is 0 Å². The third-order valence-corrected chi connectivity index (χ3v) is 0.741. The molecule has 0 aromatic carbocycles. The Hall–Kier alpha value is -0.850. The molecule has 0 saturated heterocycles. The Balaban J connectivity index is 3.60. The van der Waals surface area contributed by atoms with Gasteiger partial charge in [0.15, 0.2) is 0 Å². The number of allylic oxidation sites excluding steroid dienone is 6. The van der Waals surface area contributed by atoms with Crippen molar-refractivity contribution in [1.29, 1.82) is 0 Å². The minimum absolute atomic E-state index is 0.171. The molecule has 9 heavy (non-hydrogen) atoms. The van der Waals surface area contributed by atoms with E-state index in [0.29, 0.717) is 0 Å². The van der Waals surface area contributed by atoms with Crippen molar-refractivity contribution < 1.29 is 4.39 Å². The molecular formula is C8H11F. The van der Waals surface area contributed by atoms with Gasteiger partial charge in [0, 0.05) is 0 Å². The number of halogens is 1. The largest absolute Gasteiger partial charge is 0.212 e. The van der Waals surface area contributed by atoms with Crippen LogP contribution in [0.25, 0.3) is 0 Å². The lowest BCUT2D eigenvalue weighted by atomic mass is 10.4. The fraction of sp³-hybridized carbons (Fsp3) is 0.250. The maximum atomic E-state index is 11.9. The molecule has 0 radical (unpaired) electrons. The molecule has 0 amide bonds. The second-order valence-corrected chi connectivity index (χ2v) is 1.66. The van der Waals surface area contributed by atoms with Gasteiger partial charge in [-0.2, -0.15) is 0 Å². The van der Waals surface area contributed by atoms with E-state index in [1.54, 1.807) is 12.2 Å². The van der Waals surface area contributed by atoms with Gasteiger partial charge >= 0.3 is 0 Å². The van der Waals surface area contributed by atoms with E-state index in [2.05, 4.69) is 0 Å². The molecule has 0 aromatic rings. The molecule has 0 aliphatic heterocycles. The van der Waals surface area contributed by atoms with Crippen LogP contribution in [0, 0.1) is 0 Å². The van der Waals surface area contributed by atoms with E-state index in [-0.39, 0.29) is 5.83 Å². The summed E-state index contributed by atoms with van der Waals surface area (Å²) in [6.45, 7) is 3.33. The van der Waals surface area contributed by atoms with Crippen molar-refractivity contribution in [2.45, 2.75) is 13.8 Å². The quantitative estimate of drug-likeness (QED) is 0.499. The van der Waals surface area contributed by atoms with Crippen molar-refractivity contribution in [3.05, 3.63) is 36.2 Å². The van der Waals surface area contributed by atoms with Crippen LogP contribution in [0.1, 0.15) is 13.8 Å². The van der Waals surface area contributed by atoms with Gasteiger partial charge in [-0.25, -0.2) is 4.39 Å². The van der Waals surface area contributed by atoms with Crippen LogP contribution in [-0.4, -0.2) is 0 Å². The van der Waals surface area contributed by atoms with Gasteiger partial charge in [0.05, 0.1) is 5.83 Å². The summed E-state index contributed by atoms with van der Waals surface area (Å²) in [6, 6.07) is 0. The molecule has 0 aromatic heterocycles. The highest BCUT2D eigenvalue weighted by Crippen LogP contribution is 1.92. The van der Waals surface area contributed by atoms with E-state index in [4.69, 9.17) is 0 Å². The standard InChI is InChI=1S/C8H11F/c1-3-4-5-6-7-8(2)9/h3-7H,1-2H3/b4-3+,6-5-,8-7+. The summed E-state index contributed by atoms with van der Waals surface area (Å²) >= 11 is 0. The molecule has 0 unspecified atom stereocenters. The van der Waals surface area contributed by atoms with Crippen LogP contribution in [0.5, 0.6) is 0 Å². The Bertz CT molecular complexity index is 137. The van der Waals surface area contributed by atoms with E-state index in [0.717, 1.165) is 0 Å². The zero-order chi connectivity index (χ0) is 7.11. The summed E-state index contributed by atoms with van der Waals surface area (Å²) in [5.41, 5.74) is 0. The lowest BCUT2D eigenvalue weighted by Crippen LogP contribution is -1.55. The molecule has 50 valence electrons. The Morgan fingerprint density at radius 2 is 1.89 bits per heavy atom. The van der Waals surface area contributed by atoms with Crippen LogP contribution in [0.15, 0.2) is 36.2 Å². The predicted molar refractivity (Wildman–Crippen MR) is 38.8 cm³/mol. The molecule has 0 atom stereocenters. The molecule has 0 nitrogen and oxygen atoms in total. The molecule has 0 N–H and O–H groups in total. The summed E-state index contributed by atoms with van der Waals surface area (Å²) in [5, 5.41) is 0. The second kappa shape index (κ2) is 5.29. The van der Waals surface area contributed by atoms with Gasteiger partial charge in [0.2, 0.25) is 0 Å². The van der Waals surface area contributed by atoms with Crippen molar-refractivity contribution in [3.63, 3.8) is 0 Å². The molecule has 0 heterocycles. The predicted octanol–water partition coefficient (Wildman–Crippen LogP) is 2.99. The topological polar surface area (TPSA) is 0 Å². The van der Waals surface area contributed by atoms with Crippen molar-refractivity contribution in [2.24, 2.45) is 0 Å². The maximum absolute atomic E-state index is 11.9. The molecule has 0 bridgehead atoms. The summed E-state index contributed by atoms with van der Waals surface area (Å²) in [6.07, 6.45) is 8.59. The van der Waals surface area contributed by atoms with Gasteiger partial charge in [0.1, 0.15) is 0 Å². The molecule has 1 heteroatoms. The fourth-order valence-electron chi connectivity index (χ4n) is 0.363. The molecule has 0 aliphatic carbocycles. The van der Waals surface area contributed by atoms with Crippen LogP contribution in [0.4, 0.5) is 4.39 Å². The number of hydrogen-bond donors (Lipinski definition) is 0. The van der Waals surface area contributed by atoms with Crippen LogP contribution in [0.2, 0.25) is 0 Å². The highest BCUT2D eigenvalue weighted by atomic mass is 19.1. The van der Waals surface area contributed by atoms with Crippen LogP contribution >= 0.6 is 0 Å². The average Bonchev–Trinajstić information content (AvgIpc) is 1.80. The first-order valence-electron chi connectivity index (χ1n) is 2.89. The van der Waals surface area contributed by atoms with E-state index in [9.17, 15) is 4.39 Å². The summed E-state index contributed by atoms with van der Waals surface area (Å²) < 4.78 is 11.9. The van der Waals surface area contributed by atoms with Crippen molar-refractivity contribution in [2.75, 3.05) is 0 Å². The summed E-state index contributed by atoms with van der Waals surface area (Å²) in [7, 11) is 0. The monoisotopic (exact) mass is 126 g/mol. The van der Waals surface area contributed by atoms with Crippen LogP contribution < -0.4 is 0 Å². The highest BCUT2D eigenvalue weighted by molar-refractivity contribution is 5.11. The molecular weight excluding hydrogens is 115 g/mol. The van der Waals surface area contributed by atoms with Gasteiger partial charge in [-0.15, -0.1) is 0 Å². The first-order chi connectivity index (χ1) is 4.27. The zero-order valence-electron chi connectivity index (χ0n) is 5.76. The SMILES string of the molecule is C/C=C/C=C\C=C(/C)F. The Morgan fingerprint density at radius 1 is 1.22 bits per heavy atom. The fourth-order valence-corrected chi connectivity index (χ4v) is 0.363. The van der Waals surface area contributed by atoms with E-state index < -0.39 is 0 Å². The van der Waals surface area contributed by atoms with E-state index in [1.807, 2.05) is 19.1 Å². The average molecular weight is 126 g/mol. The van der Waals surface area contributed by atoms with Gasteiger partial charge in [-0.1, -0.05) is 24.3 Å². The van der Waals surface area contributed by atoms with Gasteiger partial charge < -0.3 is 0 Å². The molecule has 0 fully saturated rings. The Labute approximate surface area is 55.4 Å². The smallest absolute Gasteiger partial charge is 0.0968 e. The van der Waals surface area contributed by atoms with E-state index >= 15 is 0 Å². The zero-order valence-corrected chi connectivity index (χ0v) is 5.76. The van der Waals surface area contributed by atoms with Crippen molar-refractivity contribution >= 4 is 0 Å². The maximum Gasteiger partial charge on any atom is 0.0968 e. The normalized spacial score (nSPS) is 13.9. The summed E-state index contributed by atoms with van der Waals surface area (Å²) in [5.74, 6) is -0.171. The Kier molecular flexibility index (Phi) is 4.79. The number of hydrogen-bond acceptors (Lipinski definition) is 0. The lowest BCUT2D eigenvalue weighted by Gasteiger charge is -1.75. The summed E-state index contributed by atoms with van der Waals surface area (Å²) in [4.78, 5) is 0. The first-order valence-corrected chi connectivity index (χ1v) is 2.89. The van der Waals surface area contributed by atoms with Gasteiger partial charge in [0.25, 0.3) is 0 Å². The highest BCUT2D eigenvalue weighted by Gasteiger charge is 1.72. The molecule has 0 spiro atoms.